The Hall–Kier alpha value is -1.66. The van der Waals surface area contributed by atoms with E-state index in [0.717, 1.165) is 44.9 Å². The summed E-state index contributed by atoms with van der Waals surface area (Å²) in [4.78, 5) is 24.5. The number of carbonyl (C=O) groups is 2. The molecule has 3 N–H and O–H groups in total. The average Bonchev–Trinajstić information content (AvgIpc) is 3.40. The van der Waals surface area contributed by atoms with Gasteiger partial charge in [-0.25, -0.2) is 0 Å². The van der Waals surface area contributed by atoms with Crippen molar-refractivity contribution >= 4 is 11.9 Å². The van der Waals surface area contributed by atoms with E-state index in [1.165, 1.54) is 295 Å². The van der Waals surface area contributed by atoms with Crippen LogP contribution in [0.25, 0.3) is 0 Å². The van der Waals surface area contributed by atoms with Gasteiger partial charge in [0.25, 0.3) is 0 Å². The van der Waals surface area contributed by atoms with Crippen LogP contribution in [0.5, 0.6) is 0 Å². The summed E-state index contributed by atoms with van der Waals surface area (Å²) >= 11 is 0. The van der Waals surface area contributed by atoms with Crippen LogP contribution < -0.4 is 5.32 Å². The van der Waals surface area contributed by atoms with Crippen molar-refractivity contribution in [2.75, 3.05) is 13.2 Å². The van der Waals surface area contributed by atoms with E-state index in [1.807, 2.05) is 0 Å². The molecule has 0 aromatic carbocycles. The van der Waals surface area contributed by atoms with Crippen molar-refractivity contribution in [1.82, 2.24) is 5.32 Å². The van der Waals surface area contributed by atoms with Crippen molar-refractivity contribution in [2.45, 2.75) is 386 Å². The molecule has 6 nitrogen and oxygen atoms in total. The maximum absolute atomic E-state index is 12.5. The van der Waals surface area contributed by atoms with Crippen LogP contribution in [0.1, 0.15) is 373 Å². The second kappa shape index (κ2) is 63.9. The quantitative estimate of drug-likeness (QED) is 0.0320. The molecule has 0 saturated heterocycles. The third-order valence-electron chi connectivity index (χ3n) is 15.8. The molecule has 0 aliphatic heterocycles. The van der Waals surface area contributed by atoms with Crippen LogP contribution in [0.3, 0.4) is 0 Å². The van der Waals surface area contributed by atoms with Crippen molar-refractivity contribution in [3.63, 3.8) is 0 Å². The van der Waals surface area contributed by atoms with Gasteiger partial charge < -0.3 is 20.3 Å². The predicted molar refractivity (Wildman–Crippen MR) is 324 cm³/mol. The van der Waals surface area contributed by atoms with E-state index in [-0.39, 0.29) is 18.5 Å². The fourth-order valence-electron chi connectivity index (χ4n) is 10.6. The Morgan fingerprint density at radius 1 is 0.378 bits per heavy atom. The summed E-state index contributed by atoms with van der Waals surface area (Å²) in [6, 6.07) is -0.541. The number of aliphatic hydroxyl groups excluding tert-OH is 2. The number of unbranched alkanes of at least 4 members (excludes halogenated alkanes) is 48. The molecule has 0 saturated carbocycles. The van der Waals surface area contributed by atoms with Crippen LogP contribution in [-0.4, -0.2) is 47.4 Å². The molecular weight excluding hydrogens is 911 g/mol. The van der Waals surface area contributed by atoms with E-state index in [0.29, 0.717) is 25.9 Å². The standard InChI is InChI=1S/C68H131NO5/c1-3-5-7-9-11-13-15-17-18-35-38-42-46-50-54-58-62-68(73)74-63-59-55-51-47-43-39-36-33-31-29-27-25-23-21-19-20-22-24-26-28-30-32-34-37-41-45-49-53-57-61-67(72)69-65(64-70)66(71)60-56-52-48-44-40-16-14-12-10-8-6-4-2/h19,21,25,27,65-66,70-71H,3-18,20,22-24,26,28-64H2,1-2H3,(H,69,72)/b21-19-,27-25-. The van der Waals surface area contributed by atoms with Gasteiger partial charge in [0.15, 0.2) is 0 Å². The van der Waals surface area contributed by atoms with Crippen LogP contribution in [0.15, 0.2) is 24.3 Å². The van der Waals surface area contributed by atoms with Gasteiger partial charge in [0, 0.05) is 12.8 Å². The van der Waals surface area contributed by atoms with Gasteiger partial charge in [-0.15, -0.1) is 0 Å². The molecule has 2 atom stereocenters. The van der Waals surface area contributed by atoms with Crippen LogP contribution in [-0.2, 0) is 14.3 Å². The van der Waals surface area contributed by atoms with Crippen LogP contribution in [0.2, 0.25) is 0 Å². The van der Waals surface area contributed by atoms with E-state index >= 15 is 0 Å². The van der Waals surface area contributed by atoms with Crippen molar-refractivity contribution < 1.29 is 24.5 Å². The second-order valence-electron chi connectivity index (χ2n) is 23.2. The highest BCUT2D eigenvalue weighted by Gasteiger charge is 2.20. The Morgan fingerprint density at radius 3 is 1.03 bits per heavy atom. The smallest absolute Gasteiger partial charge is 0.305 e. The van der Waals surface area contributed by atoms with E-state index in [2.05, 4.69) is 43.5 Å². The maximum Gasteiger partial charge on any atom is 0.305 e. The number of carbonyl (C=O) groups excluding carboxylic acids is 2. The third kappa shape index (κ3) is 59.6. The van der Waals surface area contributed by atoms with Crippen molar-refractivity contribution in [3.05, 3.63) is 24.3 Å². The second-order valence-corrected chi connectivity index (χ2v) is 23.2. The summed E-state index contributed by atoms with van der Waals surface area (Å²) in [5.74, 6) is -0.0189. The first-order valence-electron chi connectivity index (χ1n) is 33.6. The molecule has 0 aliphatic carbocycles. The van der Waals surface area contributed by atoms with E-state index < -0.39 is 12.1 Å². The molecule has 0 radical (unpaired) electrons. The van der Waals surface area contributed by atoms with Crippen molar-refractivity contribution in [1.29, 1.82) is 0 Å². The lowest BCUT2D eigenvalue weighted by molar-refractivity contribution is -0.143. The van der Waals surface area contributed by atoms with E-state index in [4.69, 9.17) is 4.74 Å². The molecule has 1 amide bonds. The highest BCUT2D eigenvalue weighted by molar-refractivity contribution is 5.76. The molecule has 438 valence electrons. The highest BCUT2D eigenvalue weighted by atomic mass is 16.5. The topological polar surface area (TPSA) is 95.9 Å². The minimum absolute atomic E-state index is 0.0160. The molecule has 0 bridgehead atoms. The Balaban J connectivity index is 3.37. The molecule has 0 aliphatic rings. The summed E-state index contributed by atoms with van der Waals surface area (Å²) in [5, 5.41) is 23.2. The SMILES string of the molecule is CCCCCCCCCCCCCCCCCCC(=O)OCCCCCCCCCCC/C=C\C/C=C\CCCCCCCCCCCCCCCC(=O)NC(CO)C(O)CCCCCCCCCCCCCC. The number of hydrogen-bond donors (Lipinski definition) is 3. The van der Waals surface area contributed by atoms with Gasteiger partial charge in [0.05, 0.1) is 25.4 Å². The fourth-order valence-corrected chi connectivity index (χ4v) is 10.6. The molecule has 74 heavy (non-hydrogen) atoms. The Bertz CT molecular complexity index is 1150. The largest absolute Gasteiger partial charge is 0.466 e. The summed E-state index contributed by atoms with van der Waals surface area (Å²) in [6.45, 7) is 4.97. The Labute approximate surface area is 462 Å². The van der Waals surface area contributed by atoms with Gasteiger partial charge in [0.1, 0.15) is 0 Å². The third-order valence-corrected chi connectivity index (χ3v) is 15.8. The summed E-state index contributed by atoms with van der Waals surface area (Å²) in [5.41, 5.74) is 0. The summed E-state index contributed by atoms with van der Waals surface area (Å²) < 4.78 is 5.50. The molecule has 0 aromatic heterocycles. The zero-order valence-corrected chi connectivity index (χ0v) is 50.1. The first kappa shape index (κ1) is 72.3. The molecule has 0 rings (SSSR count). The van der Waals surface area contributed by atoms with E-state index in [1.54, 1.807) is 0 Å². The zero-order chi connectivity index (χ0) is 53.6. The number of aliphatic hydroxyl groups is 2. The lowest BCUT2D eigenvalue weighted by Crippen LogP contribution is -2.45. The number of nitrogens with one attached hydrogen (secondary N) is 1. The molecule has 2 unspecified atom stereocenters. The zero-order valence-electron chi connectivity index (χ0n) is 50.1. The molecule has 0 aromatic rings. The summed E-state index contributed by atoms with van der Waals surface area (Å²) in [7, 11) is 0. The lowest BCUT2D eigenvalue weighted by atomic mass is 10.0. The molecule has 0 heterocycles. The molecule has 6 heteroatoms. The Kier molecular flexibility index (Phi) is 62.4. The van der Waals surface area contributed by atoms with Gasteiger partial charge in [-0.1, -0.05) is 327 Å². The van der Waals surface area contributed by atoms with E-state index in [9.17, 15) is 19.8 Å². The first-order valence-corrected chi connectivity index (χ1v) is 33.6. The van der Waals surface area contributed by atoms with Crippen LogP contribution in [0.4, 0.5) is 0 Å². The van der Waals surface area contributed by atoms with Gasteiger partial charge in [-0.05, 0) is 57.8 Å². The van der Waals surface area contributed by atoms with Crippen LogP contribution in [0, 0.1) is 0 Å². The number of allylic oxidation sites excluding steroid dienone is 4. The lowest BCUT2D eigenvalue weighted by Gasteiger charge is -2.22. The van der Waals surface area contributed by atoms with Gasteiger partial charge >= 0.3 is 5.97 Å². The Morgan fingerprint density at radius 2 is 0.676 bits per heavy atom. The number of ether oxygens (including phenoxy) is 1. The predicted octanol–water partition coefficient (Wildman–Crippen LogP) is 21.4. The van der Waals surface area contributed by atoms with Gasteiger partial charge in [-0.3, -0.25) is 9.59 Å². The number of amides is 1. The molecular formula is C68H131NO5. The summed E-state index contributed by atoms with van der Waals surface area (Å²) in [6.07, 6.45) is 79.3. The van der Waals surface area contributed by atoms with Crippen molar-refractivity contribution in [2.24, 2.45) is 0 Å². The van der Waals surface area contributed by atoms with Gasteiger partial charge in [0.2, 0.25) is 5.91 Å². The average molecular weight is 1040 g/mol. The maximum atomic E-state index is 12.5. The number of hydrogen-bond acceptors (Lipinski definition) is 5. The normalized spacial score (nSPS) is 12.6. The monoisotopic (exact) mass is 1040 g/mol. The number of esters is 1. The highest BCUT2D eigenvalue weighted by Crippen LogP contribution is 2.18. The molecule has 0 spiro atoms. The minimum Gasteiger partial charge on any atom is -0.466 e. The van der Waals surface area contributed by atoms with Crippen molar-refractivity contribution in [3.8, 4) is 0 Å². The molecule has 0 fully saturated rings. The fraction of sp³-hybridized carbons (Fsp3) is 0.912. The first-order chi connectivity index (χ1) is 36.5. The van der Waals surface area contributed by atoms with Crippen LogP contribution >= 0.6 is 0 Å². The van der Waals surface area contributed by atoms with Gasteiger partial charge in [-0.2, -0.15) is 0 Å². The minimum atomic E-state index is -0.663. The number of rotatable bonds is 63.